The van der Waals surface area contributed by atoms with Crippen LogP contribution in [0.3, 0.4) is 0 Å². The van der Waals surface area contributed by atoms with E-state index in [0.717, 1.165) is 43.6 Å². The van der Waals surface area contributed by atoms with Gasteiger partial charge in [-0.1, -0.05) is 13.8 Å². The number of hydrogen-bond acceptors (Lipinski definition) is 5. The summed E-state index contributed by atoms with van der Waals surface area (Å²) in [6, 6.07) is 0. The molecule has 1 aromatic heterocycles. The number of anilines is 2. The highest BCUT2D eigenvalue weighted by Gasteiger charge is 2.32. The molecule has 0 spiro atoms. The topological polar surface area (TPSA) is 75.3 Å². The Morgan fingerprint density at radius 3 is 2.94 bits per heavy atom. The maximum Gasteiger partial charge on any atom is 0.221 e. The van der Waals surface area contributed by atoms with Crippen molar-refractivity contribution in [1.29, 1.82) is 0 Å². The molecule has 2 heterocycles. The lowest BCUT2D eigenvalue weighted by Gasteiger charge is -2.40. The van der Waals surface area contributed by atoms with E-state index in [1.807, 2.05) is 6.92 Å². The van der Waals surface area contributed by atoms with Gasteiger partial charge in [-0.15, -0.1) is 0 Å². The molecule has 1 aliphatic heterocycles. The van der Waals surface area contributed by atoms with E-state index in [9.17, 15) is 5.11 Å². The fourth-order valence-electron chi connectivity index (χ4n) is 2.52. The standard InChI is InChI=1S/C13H22N4O/c1-3-10-8-15-12(14)16-11(10)17-7-5-6-13(18,4-2)9-17/h8,18H,3-7,9H2,1-2H3,(H2,14,15,16)/t13-/m0/s1. The highest BCUT2D eigenvalue weighted by Crippen LogP contribution is 2.29. The summed E-state index contributed by atoms with van der Waals surface area (Å²) in [5, 5.41) is 10.4. The van der Waals surface area contributed by atoms with Crippen LogP contribution in [-0.4, -0.2) is 33.8 Å². The van der Waals surface area contributed by atoms with Gasteiger partial charge in [-0.05, 0) is 25.7 Å². The number of nitrogen functional groups attached to an aromatic ring is 1. The van der Waals surface area contributed by atoms with E-state index in [-0.39, 0.29) is 0 Å². The van der Waals surface area contributed by atoms with E-state index in [1.165, 1.54) is 0 Å². The molecule has 1 saturated heterocycles. The fraction of sp³-hybridized carbons (Fsp3) is 0.692. The molecular weight excluding hydrogens is 228 g/mol. The minimum atomic E-state index is -0.594. The third-order valence-corrected chi connectivity index (χ3v) is 3.75. The molecule has 1 aliphatic rings. The lowest BCUT2D eigenvalue weighted by Crippen LogP contribution is -2.48. The van der Waals surface area contributed by atoms with Gasteiger partial charge in [-0.3, -0.25) is 0 Å². The Morgan fingerprint density at radius 1 is 1.50 bits per heavy atom. The zero-order chi connectivity index (χ0) is 13.2. The highest BCUT2D eigenvalue weighted by molar-refractivity contribution is 5.49. The van der Waals surface area contributed by atoms with Crippen molar-refractivity contribution in [3.8, 4) is 0 Å². The monoisotopic (exact) mass is 250 g/mol. The summed E-state index contributed by atoms with van der Waals surface area (Å²) >= 11 is 0. The van der Waals surface area contributed by atoms with E-state index in [2.05, 4.69) is 21.8 Å². The van der Waals surface area contributed by atoms with Crippen molar-refractivity contribution < 1.29 is 5.11 Å². The Morgan fingerprint density at radius 2 is 2.28 bits per heavy atom. The Hall–Kier alpha value is -1.36. The number of aromatic nitrogens is 2. The minimum absolute atomic E-state index is 0.299. The third kappa shape index (κ3) is 2.56. The van der Waals surface area contributed by atoms with Crippen LogP contribution in [0, 0.1) is 0 Å². The lowest BCUT2D eigenvalue weighted by molar-refractivity contribution is 0.0221. The van der Waals surface area contributed by atoms with Crippen molar-refractivity contribution in [3.63, 3.8) is 0 Å². The van der Waals surface area contributed by atoms with Gasteiger partial charge in [0.15, 0.2) is 0 Å². The molecule has 18 heavy (non-hydrogen) atoms. The van der Waals surface area contributed by atoms with Crippen LogP contribution in [0.1, 0.15) is 38.7 Å². The van der Waals surface area contributed by atoms with Crippen molar-refractivity contribution >= 4 is 11.8 Å². The van der Waals surface area contributed by atoms with Crippen LogP contribution in [0.15, 0.2) is 6.20 Å². The van der Waals surface area contributed by atoms with Crippen LogP contribution in [0.4, 0.5) is 11.8 Å². The van der Waals surface area contributed by atoms with Crippen molar-refractivity contribution in [1.82, 2.24) is 9.97 Å². The second kappa shape index (κ2) is 5.10. The highest BCUT2D eigenvalue weighted by atomic mass is 16.3. The van der Waals surface area contributed by atoms with E-state index < -0.39 is 5.60 Å². The second-order valence-electron chi connectivity index (χ2n) is 5.03. The molecule has 0 aromatic carbocycles. The number of hydrogen-bond donors (Lipinski definition) is 2. The van der Waals surface area contributed by atoms with Gasteiger partial charge in [0.25, 0.3) is 0 Å². The first kappa shape index (κ1) is 13.1. The number of aryl methyl sites for hydroxylation is 1. The van der Waals surface area contributed by atoms with Crippen LogP contribution in [0.25, 0.3) is 0 Å². The molecular formula is C13H22N4O. The summed E-state index contributed by atoms with van der Waals surface area (Å²) in [5.74, 6) is 1.18. The van der Waals surface area contributed by atoms with Crippen LogP contribution in [0.2, 0.25) is 0 Å². The smallest absolute Gasteiger partial charge is 0.221 e. The molecule has 1 aromatic rings. The van der Waals surface area contributed by atoms with E-state index in [1.54, 1.807) is 6.20 Å². The zero-order valence-corrected chi connectivity index (χ0v) is 11.2. The van der Waals surface area contributed by atoms with Crippen molar-refractivity contribution in [3.05, 3.63) is 11.8 Å². The maximum absolute atomic E-state index is 10.4. The number of rotatable bonds is 3. The van der Waals surface area contributed by atoms with Crippen molar-refractivity contribution in [2.45, 2.75) is 45.1 Å². The third-order valence-electron chi connectivity index (χ3n) is 3.75. The van der Waals surface area contributed by atoms with Crippen LogP contribution in [-0.2, 0) is 6.42 Å². The Labute approximate surface area is 108 Å². The summed E-state index contributed by atoms with van der Waals surface area (Å²) in [4.78, 5) is 10.5. The Bertz CT molecular complexity index is 423. The molecule has 0 saturated carbocycles. The molecule has 5 nitrogen and oxygen atoms in total. The first-order valence-corrected chi connectivity index (χ1v) is 6.66. The second-order valence-corrected chi connectivity index (χ2v) is 5.03. The summed E-state index contributed by atoms with van der Waals surface area (Å²) < 4.78 is 0. The molecule has 0 aliphatic carbocycles. The first-order valence-electron chi connectivity index (χ1n) is 6.66. The van der Waals surface area contributed by atoms with Gasteiger partial charge in [0, 0.05) is 24.8 Å². The number of nitrogens with zero attached hydrogens (tertiary/aromatic N) is 3. The van der Waals surface area contributed by atoms with Gasteiger partial charge >= 0.3 is 0 Å². The van der Waals surface area contributed by atoms with E-state index in [0.29, 0.717) is 12.5 Å². The largest absolute Gasteiger partial charge is 0.388 e. The van der Waals surface area contributed by atoms with Gasteiger partial charge in [0.2, 0.25) is 5.95 Å². The number of β-amino-alcohol motifs (C(OH)–C–C–N with tert-alkyl or cyclic N) is 1. The van der Waals surface area contributed by atoms with E-state index >= 15 is 0 Å². The summed E-state index contributed by atoms with van der Waals surface area (Å²) in [5.41, 5.74) is 6.17. The number of nitrogens with two attached hydrogens (primary N) is 1. The van der Waals surface area contributed by atoms with E-state index in [4.69, 9.17) is 5.73 Å². The van der Waals surface area contributed by atoms with Crippen LogP contribution in [0.5, 0.6) is 0 Å². The van der Waals surface area contributed by atoms with Gasteiger partial charge in [0.05, 0.1) is 5.60 Å². The van der Waals surface area contributed by atoms with Gasteiger partial charge in [-0.25, -0.2) is 4.98 Å². The zero-order valence-electron chi connectivity index (χ0n) is 11.2. The molecule has 0 bridgehead atoms. The average Bonchev–Trinajstić information content (AvgIpc) is 2.39. The van der Waals surface area contributed by atoms with Crippen LogP contribution >= 0.6 is 0 Å². The van der Waals surface area contributed by atoms with Gasteiger partial charge < -0.3 is 15.7 Å². The molecule has 100 valence electrons. The average molecular weight is 250 g/mol. The lowest BCUT2D eigenvalue weighted by atomic mass is 9.90. The first-order chi connectivity index (χ1) is 8.58. The molecule has 0 radical (unpaired) electrons. The molecule has 1 atom stereocenters. The van der Waals surface area contributed by atoms with Gasteiger partial charge in [0.1, 0.15) is 5.82 Å². The molecule has 0 amide bonds. The minimum Gasteiger partial charge on any atom is -0.388 e. The predicted octanol–water partition coefficient (Wildman–Crippen LogP) is 1.36. The Balaban J connectivity index is 2.28. The molecule has 2 rings (SSSR count). The molecule has 3 N–H and O–H groups in total. The summed E-state index contributed by atoms with van der Waals surface area (Å²) in [6.07, 6.45) is 5.28. The maximum atomic E-state index is 10.4. The SMILES string of the molecule is CCc1cnc(N)nc1N1CCC[C@@](O)(CC)C1. The van der Waals surface area contributed by atoms with Crippen LogP contribution < -0.4 is 10.6 Å². The van der Waals surface area contributed by atoms with Crippen molar-refractivity contribution in [2.24, 2.45) is 0 Å². The number of piperidine rings is 1. The molecule has 5 heteroatoms. The quantitative estimate of drug-likeness (QED) is 0.847. The summed E-state index contributed by atoms with van der Waals surface area (Å²) in [6.45, 7) is 5.66. The molecule has 0 unspecified atom stereocenters. The fourth-order valence-corrected chi connectivity index (χ4v) is 2.52. The van der Waals surface area contributed by atoms with Crippen molar-refractivity contribution in [2.75, 3.05) is 23.7 Å². The number of aliphatic hydroxyl groups is 1. The molecule has 1 fully saturated rings. The summed E-state index contributed by atoms with van der Waals surface area (Å²) in [7, 11) is 0. The van der Waals surface area contributed by atoms with Gasteiger partial charge in [-0.2, -0.15) is 4.98 Å². The predicted molar refractivity (Wildman–Crippen MR) is 72.5 cm³/mol. The Kier molecular flexibility index (Phi) is 3.71. The normalized spacial score (nSPS) is 24.3.